The van der Waals surface area contributed by atoms with E-state index < -0.39 is 18.6 Å². The lowest BCUT2D eigenvalue weighted by Crippen LogP contribution is -2.33. The molecule has 3 N–H and O–H groups in total. The molecule has 2 amide bonds. The van der Waals surface area contributed by atoms with Crippen LogP contribution in [0.1, 0.15) is 16.8 Å². The van der Waals surface area contributed by atoms with Crippen LogP contribution in [0.3, 0.4) is 0 Å². The number of nitrogens with one attached hydrogen (secondary N) is 3. The SMILES string of the molecule is C=CC(=O)N1CC[C@H](Nc2cnc3[nH]cc(C(=O)NCC(F)(F)F)c3n2)C1. The molecule has 3 heterocycles. The second-order valence-electron chi connectivity index (χ2n) is 6.07. The first-order chi connectivity index (χ1) is 12.8. The van der Waals surface area contributed by atoms with E-state index in [0.717, 1.165) is 0 Å². The Hall–Kier alpha value is -3.11. The summed E-state index contributed by atoms with van der Waals surface area (Å²) in [7, 11) is 0. The average molecular weight is 382 g/mol. The van der Waals surface area contributed by atoms with Gasteiger partial charge in [-0.3, -0.25) is 9.59 Å². The van der Waals surface area contributed by atoms with Crippen molar-refractivity contribution in [3.05, 3.63) is 30.6 Å². The zero-order chi connectivity index (χ0) is 19.6. The van der Waals surface area contributed by atoms with Crippen molar-refractivity contribution in [1.29, 1.82) is 0 Å². The molecule has 0 unspecified atom stereocenters. The molecule has 8 nitrogen and oxygen atoms in total. The first-order valence-electron chi connectivity index (χ1n) is 8.14. The summed E-state index contributed by atoms with van der Waals surface area (Å²) in [5.41, 5.74) is 0.421. The van der Waals surface area contributed by atoms with Gasteiger partial charge in [0.2, 0.25) is 5.91 Å². The molecule has 0 aliphatic carbocycles. The van der Waals surface area contributed by atoms with Crippen molar-refractivity contribution in [2.45, 2.75) is 18.6 Å². The maximum Gasteiger partial charge on any atom is 0.405 e. The van der Waals surface area contributed by atoms with Crippen LogP contribution in [0.15, 0.2) is 25.0 Å². The highest BCUT2D eigenvalue weighted by Gasteiger charge is 2.29. The number of halogens is 3. The predicted octanol–water partition coefficient (Wildman–Crippen LogP) is 1.45. The van der Waals surface area contributed by atoms with E-state index in [1.165, 1.54) is 18.5 Å². The van der Waals surface area contributed by atoms with Crippen LogP contribution in [0.5, 0.6) is 0 Å². The van der Waals surface area contributed by atoms with Crippen molar-refractivity contribution in [3.63, 3.8) is 0 Å². The molecular weight excluding hydrogens is 365 g/mol. The van der Waals surface area contributed by atoms with Gasteiger partial charge in [0.05, 0.1) is 11.8 Å². The lowest BCUT2D eigenvalue weighted by molar-refractivity contribution is -0.125. The number of aromatic amines is 1. The van der Waals surface area contributed by atoms with Crippen molar-refractivity contribution in [2.75, 3.05) is 25.0 Å². The number of carbonyl (C=O) groups is 2. The molecule has 0 aromatic carbocycles. The summed E-state index contributed by atoms with van der Waals surface area (Å²) in [4.78, 5) is 36.4. The molecule has 0 radical (unpaired) electrons. The Balaban J connectivity index is 1.72. The number of nitrogens with zero attached hydrogens (tertiary/aromatic N) is 3. The molecule has 2 aromatic rings. The highest BCUT2D eigenvalue weighted by molar-refractivity contribution is 6.04. The number of alkyl halides is 3. The van der Waals surface area contributed by atoms with E-state index in [4.69, 9.17) is 0 Å². The lowest BCUT2D eigenvalue weighted by Gasteiger charge is -2.15. The third-order valence-electron chi connectivity index (χ3n) is 4.10. The minimum Gasteiger partial charge on any atom is -0.364 e. The largest absolute Gasteiger partial charge is 0.405 e. The summed E-state index contributed by atoms with van der Waals surface area (Å²) in [5.74, 6) is -0.686. The average Bonchev–Trinajstić information content (AvgIpc) is 3.25. The van der Waals surface area contributed by atoms with E-state index in [-0.39, 0.29) is 28.7 Å². The second kappa shape index (κ2) is 7.25. The Morgan fingerprint density at radius 3 is 2.93 bits per heavy atom. The smallest absolute Gasteiger partial charge is 0.364 e. The number of fused-ring (bicyclic) bond motifs is 1. The van der Waals surface area contributed by atoms with Crippen molar-refractivity contribution in [2.24, 2.45) is 0 Å². The predicted molar refractivity (Wildman–Crippen MR) is 91.1 cm³/mol. The van der Waals surface area contributed by atoms with Gasteiger partial charge in [-0.2, -0.15) is 13.2 Å². The van der Waals surface area contributed by atoms with Gasteiger partial charge in [-0.25, -0.2) is 9.97 Å². The normalized spacial score (nSPS) is 17.1. The molecule has 1 atom stereocenters. The number of aromatic nitrogens is 3. The molecule has 3 rings (SSSR count). The van der Waals surface area contributed by atoms with Crippen LogP contribution in [0.25, 0.3) is 11.2 Å². The van der Waals surface area contributed by atoms with Crippen LogP contribution in [-0.4, -0.2) is 63.5 Å². The highest BCUT2D eigenvalue weighted by atomic mass is 19.4. The maximum absolute atomic E-state index is 12.3. The Morgan fingerprint density at radius 1 is 1.44 bits per heavy atom. The monoisotopic (exact) mass is 382 g/mol. The van der Waals surface area contributed by atoms with E-state index in [1.54, 1.807) is 4.90 Å². The van der Waals surface area contributed by atoms with Gasteiger partial charge in [0.15, 0.2) is 5.65 Å². The number of carbonyl (C=O) groups excluding carboxylic acids is 2. The van der Waals surface area contributed by atoms with E-state index in [0.29, 0.717) is 25.3 Å². The number of likely N-dealkylation sites (tertiary alicyclic amines) is 1. The van der Waals surface area contributed by atoms with Crippen LogP contribution in [0, 0.1) is 0 Å². The van der Waals surface area contributed by atoms with E-state index in [1.807, 2.05) is 5.32 Å². The molecule has 0 spiro atoms. The van der Waals surface area contributed by atoms with E-state index in [2.05, 4.69) is 26.8 Å². The minimum absolute atomic E-state index is 0.0275. The van der Waals surface area contributed by atoms with Crippen molar-refractivity contribution < 1.29 is 22.8 Å². The number of anilines is 1. The van der Waals surface area contributed by atoms with Crippen molar-refractivity contribution in [3.8, 4) is 0 Å². The fourth-order valence-electron chi connectivity index (χ4n) is 2.83. The van der Waals surface area contributed by atoms with E-state index in [9.17, 15) is 22.8 Å². The molecule has 1 fully saturated rings. The van der Waals surface area contributed by atoms with Gasteiger partial charge < -0.3 is 20.5 Å². The first-order valence-corrected chi connectivity index (χ1v) is 8.14. The molecule has 1 aliphatic heterocycles. The summed E-state index contributed by atoms with van der Waals surface area (Å²) in [6, 6.07) is -0.0536. The fourth-order valence-corrected chi connectivity index (χ4v) is 2.83. The highest BCUT2D eigenvalue weighted by Crippen LogP contribution is 2.20. The zero-order valence-electron chi connectivity index (χ0n) is 14.1. The quantitative estimate of drug-likeness (QED) is 0.680. The molecule has 27 heavy (non-hydrogen) atoms. The number of amides is 2. The summed E-state index contributed by atoms with van der Waals surface area (Å²) in [6.45, 7) is 3.07. The summed E-state index contributed by atoms with van der Waals surface area (Å²) in [5, 5.41) is 4.94. The third-order valence-corrected chi connectivity index (χ3v) is 4.10. The van der Waals surface area contributed by atoms with Gasteiger partial charge in [-0.1, -0.05) is 6.58 Å². The molecule has 11 heteroatoms. The minimum atomic E-state index is -4.50. The lowest BCUT2D eigenvalue weighted by atomic mass is 10.2. The van der Waals surface area contributed by atoms with Gasteiger partial charge in [0.1, 0.15) is 17.9 Å². The number of rotatable bonds is 5. The Kier molecular flexibility index (Phi) is 5.02. The third kappa shape index (κ3) is 4.36. The second-order valence-corrected chi connectivity index (χ2v) is 6.07. The number of hydrogen-bond acceptors (Lipinski definition) is 5. The Labute approximate surface area is 151 Å². The van der Waals surface area contributed by atoms with Gasteiger partial charge in [-0.15, -0.1) is 0 Å². The molecule has 1 saturated heterocycles. The van der Waals surface area contributed by atoms with Gasteiger partial charge in [-0.05, 0) is 12.5 Å². The van der Waals surface area contributed by atoms with Crippen LogP contribution >= 0.6 is 0 Å². The fraction of sp³-hybridized carbons (Fsp3) is 0.375. The molecule has 0 bridgehead atoms. The van der Waals surface area contributed by atoms with E-state index >= 15 is 0 Å². The number of hydrogen-bond donors (Lipinski definition) is 3. The van der Waals surface area contributed by atoms with Gasteiger partial charge in [0.25, 0.3) is 5.91 Å². The van der Waals surface area contributed by atoms with Crippen LogP contribution < -0.4 is 10.6 Å². The molecule has 2 aromatic heterocycles. The molecular formula is C16H17F3N6O2. The Morgan fingerprint density at radius 2 is 2.22 bits per heavy atom. The molecule has 1 aliphatic rings. The van der Waals surface area contributed by atoms with Gasteiger partial charge >= 0.3 is 6.18 Å². The van der Waals surface area contributed by atoms with Crippen LogP contribution in [0.4, 0.5) is 19.0 Å². The maximum atomic E-state index is 12.3. The molecule has 144 valence electrons. The summed E-state index contributed by atoms with van der Waals surface area (Å²) in [6.07, 6.45) is 0.164. The van der Waals surface area contributed by atoms with Crippen molar-refractivity contribution in [1.82, 2.24) is 25.2 Å². The zero-order valence-corrected chi connectivity index (χ0v) is 14.1. The van der Waals surface area contributed by atoms with Crippen LogP contribution in [0.2, 0.25) is 0 Å². The first kappa shape index (κ1) is 18.7. The van der Waals surface area contributed by atoms with Crippen LogP contribution in [-0.2, 0) is 4.79 Å². The number of H-pyrrole nitrogens is 1. The van der Waals surface area contributed by atoms with Crippen molar-refractivity contribution >= 4 is 28.8 Å². The summed E-state index contributed by atoms with van der Waals surface area (Å²) < 4.78 is 36.8. The van der Waals surface area contributed by atoms with Gasteiger partial charge in [0, 0.05) is 25.3 Å². The Bertz CT molecular complexity index is 879. The summed E-state index contributed by atoms with van der Waals surface area (Å²) >= 11 is 0. The molecule has 0 saturated carbocycles. The standard InChI is InChI=1S/C16H17F3N6O2/c1-2-12(26)25-4-3-9(7-25)23-11-6-21-14-13(24-11)10(5-20-14)15(27)22-8-16(17,18)19/h2,5-6,9H,1,3-4,7-8H2,(H,20,21)(H,22,27)(H,23,24)/t9-/m0/s1. The topological polar surface area (TPSA) is 103 Å².